The van der Waals surface area contributed by atoms with Crippen LogP contribution in [-0.2, 0) is 10.1 Å². The largest absolute Gasteiger partial charge is 0.573 e. The van der Waals surface area contributed by atoms with Crippen LogP contribution < -0.4 is 10.5 Å². The Balaban J connectivity index is 0.000000307. The molecule has 2 aromatic carbocycles. The van der Waals surface area contributed by atoms with Crippen molar-refractivity contribution in [1.29, 1.82) is 0 Å². The Morgan fingerprint density at radius 3 is 2.14 bits per heavy atom. The second kappa shape index (κ2) is 9.53. The van der Waals surface area contributed by atoms with Crippen molar-refractivity contribution in [1.82, 2.24) is 0 Å². The number of ether oxygens (including phenoxy) is 1. The molecule has 152 valence electrons. The average molecular weight is 442 g/mol. The summed E-state index contributed by atoms with van der Waals surface area (Å²) in [7, 11) is -4.25. The zero-order chi connectivity index (χ0) is 21.5. The standard InChI is InChI=1S/C9H7F3O4S.C7H5ClFNO/c10-9(11,12)16-8-3-1-7(2-4-8)5-6-17(13,14)15;8-6-3-4(9)1-2-5(6)7(10)11/h1-6H,(H,13,14,15);1-3H,(H2,10,11). The summed E-state index contributed by atoms with van der Waals surface area (Å²) in [6.07, 6.45) is -3.74. The molecule has 2 rings (SSSR count). The van der Waals surface area contributed by atoms with Crippen molar-refractivity contribution in [3.8, 4) is 5.75 Å². The Morgan fingerprint density at radius 2 is 1.71 bits per heavy atom. The molecule has 2 aromatic rings. The number of alkyl halides is 3. The van der Waals surface area contributed by atoms with Crippen LogP contribution in [-0.4, -0.2) is 25.2 Å². The minimum absolute atomic E-state index is 0.0394. The lowest BCUT2D eigenvalue weighted by Crippen LogP contribution is -2.16. The van der Waals surface area contributed by atoms with Crippen LogP contribution in [0.3, 0.4) is 0 Å². The molecule has 0 saturated heterocycles. The van der Waals surface area contributed by atoms with E-state index in [1.165, 1.54) is 18.2 Å². The van der Waals surface area contributed by atoms with Gasteiger partial charge < -0.3 is 10.5 Å². The molecule has 0 bridgehead atoms. The number of amides is 1. The van der Waals surface area contributed by atoms with Crippen molar-refractivity contribution in [3.63, 3.8) is 0 Å². The number of primary amides is 1. The summed E-state index contributed by atoms with van der Waals surface area (Å²) in [5.74, 6) is -1.56. The van der Waals surface area contributed by atoms with E-state index in [9.17, 15) is 30.8 Å². The highest BCUT2D eigenvalue weighted by molar-refractivity contribution is 7.88. The van der Waals surface area contributed by atoms with Crippen LogP contribution in [0.2, 0.25) is 5.02 Å². The van der Waals surface area contributed by atoms with E-state index < -0.39 is 34.0 Å². The average Bonchev–Trinajstić information content (AvgIpc) is 2.52. The Morgan fingerprint density at radius 1 is 1.14 bits per heavy atom. The number of rotatable bonds is 4. The van der Waals surface area contributed by atoms with Crippen molar-refractivity contribution >= 4 is 33.7 Å². The third-order valence-electron chi connectivity index (χ3n) is 2.74. The van der Waals surface area contributed by atoms with Gasteiger partial charge in [-0.15, -0.1) is 13.2 Å². The molecule has 12 heteroatoms. The van der Waals surface area contributed by atoms with Crippen molar-refractivity contribution in [2.24, 2.45) is 5.73 Å². The third-order valence-corrected chi connectivity index (χ3v) is 3.54. The number of hydrogen-bond acceptors (Lipinski definition) is 4. The molecule has 0 aliphatic heterocycles. The van der Waals surface area contributed by atoms with Gasteiger partial charge in [0.2, 0.25) is 5.91 Å². The van der Waals surface area contributed by atoms with Gasteiger partial charge in [0, 0.05) is 0 Å². The molecular weight excluding hydrogens is 430 g/mol. The first-order valence-electron chi connectivity index (χ1n) is 7.03. The minimum atomic E-state index is -4.77. The van der Waals surface area contributed by atoms with Gasteiger partial charge in [-0.1, -0.05) is 23.7 Å². The van der Waals surface area contributed by atoms with Crippen molar-refractivity contribution in [2.45, 2.75) is 6.36 Å². The summed E-state index contributed by atoms with van der Waals surface area (Å²) >= 11 is 5.48. The first kappa shape index (κ1) is 23.4. The van der Waals surface area contributed by atoms with Crippen LogP contribution in [0.1, 0.15) is 15.9 Å². The topological polar surface area (TPSA) is 107 Å². The van der Waals surface area contributed by atoms with Crippen LogP contribution in [0.5, 0.6) is 5.75 Å². The molecule has 0 fully saturated rings. The molecule has 6 nitrogen and oxygen atoms in total. The van der Waals surface area contributed by atoms with Gasteiger partial charge in [0.15, 0.2) is 0 Å². The fourth-order valence-electron chi connectivity index (χ4n) is 1.63. The van der Waals surface area contributed by atoms with E-state index in [0.29, 0.717) is 11.0 Å². The maximum atomic E-state index is 12.4. The van der Waals surface area contributed by atoms with Crippen LogP contribution in [0.15, 0.2) is 47.9 Å². The first-order valence-corrected chi connectivity index (χ1v) is 8.91. The molecule has 0 aromatic heterocycles. The fourth-order valence-corrected chi connectivity index (χ4v) is 2.22. The fraction of sp³-hybridized carbons (Fsp3) is 0.0625. The van der Waals surface area contributed by atoms with E-state index >= 15 is 0 Å². The zero-order valence-electron chi connectivity index (χ0n) is 13.7. The number of nitrogens with two attached hydrogens (primary N) is 1. The van der Waals surface area contributed by atoms with E-state index in [1.54, 1.807) is 0 Å². The van der Waals surface area contributed by atoms with Crippen molar-refractivity contribution in [3.05, 3.63) is 69.8 Å². The summed E-state index contributed by atoms with van der Waals surface area (Å²) in [5.41, 5.74) is 5.35. The van der Waals surface area contributed by atoms with Crippen LogP contribution in [0.4, 0.5) is 17.6 Å². The smallest absolute Gasteiger partial charge is 0.406 e. The summed E-state index contributed by atoms with van der Waals surface area (Å²) in [6.45, 7) is 0. The Bertz CT molecular complexity index is 960. The highest BCUT2D eigenvalue weighted by atomic mass is 35.5. The highest BCUT2D eigenvalue weighted by Gasteiger charge is 2.30. The monoisotopic (exact) mass is 441 g/mol. The minimum Gasteiger partial charge on any atom is -0.406 e. The molecule has 0 heterocycles. The summed E-state index contributed by atoms with van der Waals surface area (Å²) in [4.78, 5) is 10.5. The van der Waals surface area contributed by atoms with E-state index in [1.807, 2.05) is 0 Å². The predicted octanol–water partition coefficient (Wildman–Crippen LogP) is 4.02. The molecule has 0 aliphatic carbocycles. The lowest BCUT2D eigenvalue weighted by molar-refractivity contribution is -0.274. The van der Waals surface area contributed by atoms with Gasteiger partial charge in [-0.2, -0.15) is 8.42 Å². The van der Waals surface area contributed by atoms with E-state index in [4.69, 9.17) is 21.9 Å². The molecule has 1 amide bonds. The number of carbonyl (C=O) groups is 1. The second-order valence-electron chi connectivity index (χ2n) is 4.92. The quantitative estimate of drug-likeness (QED) is 0.550. The van der Waals surface area contributed by atoms with Gasteiger partial charge in [0.05, 0.1) is 16.0 Å². The SMILES string of the molecule is NC(=O)c1ccc(F)cc1Cl.O=S(=O)(O)C=Cc1ccc(OC(F)(F)F)cc1. The zero-order valence-corrected chi connectivity index (χ0v) is 15.2. The van der Waals surface area contributed by atoms with Crippen LogP contribution in [0.25, 0.3) is 6.08 Å². The molecule has 0 aliphatic rings. The predicted molar refractivity (Wildman–Crippen MR) is 93.6 cm³/mol. The van der Waals surface area contributed by atoms with Crippen molar-refractivity contribution in [2.75, 3.05) is 0 Å². The first-order chi connectivity index (χ1) is 12.8. The molecule has 0 spiro atoms. The van der Waals surface area contributed by atoms with Gasteiger partial charge in [-0.3, -0.25) is 9.35 Å². The summed E-state index contributed by atoms with van der Waals surface area (Å²) in [6, 6.07) is 7.90. The van der Waals surface area contributed by atoms with E-state index in [-0.39, 0.29) is 10.6 Å². The second-order valence-corrected chi connectivity index (χ2v) is 6.63. The van der Waals surface area contributed by atoms with E-state index in [2.05, 4.69) is 4.74 Å². The number of halogens is 5. The highest BCUT2D eigenvalue weighted by Crippen LogP contribution is 2.23. The van der Waals surface area contributed by atoms with Crippen molar-refractivity contribution < 1.29 is 40.1 Å². The normalized spacial score (nSPS) is 11.6. The summed E-state index contributed by atoms with van der Waals surface area (Å²) in [5, 5.41) is 0.560. The van der Waals surface area contributed by atoms with Gasteiger partial charge in [-0.05, 0) is 42.0 Å². The molecule has 0 unspecified atom stereocenters. The summed E-state index contributed by atoms with van der Waals surface area (Å²) < 4.78 is 80.5. The molecule has 3 N–H and O–H groups in total. The number of benzene rings is 2. The Hall–Kier alpha value is -2.63. The lowest BCUT2D eigenvalue weighted by atomic mass is 10.2. The van der Waals surface area contributed by atoms with E-state index in [0.717, 1.165) is 30.3 Å². The van der Waals surface area contributed by atoms with Gasteiger partial charge in [0.25, 0.3) is 10.1 Å². The molecule has 0 atom stereocenters. The third kappa shape index (κ3) is 9.35. The Kier molecular flexibility index (Phi) is 7.97. The van der Waals surface area contributed by atoms with Gasteiger partial charge in [0.1, 0.15) is 11.6 Å². The molecule has 0 radical (unpaired) electrons. The lowest BCUT2D eigenvalue weighted by Gasteiger charge is -2.08. The maximum absolute atomic E-state index is 12.4. The Labute approximate surface area is 161 Å². The number of hydrogen-bond donors (Lipinski definition) is 2. The van der Waals surface area contributed by atoms with Crippen LogP contribution in [0, 0.1) is 5.82 Å². The maximum Gasteiger partial charge on any atom is 0.573 e. The number of carbonyl (C=O) groups excluding carboxylic acids is 1. The van der Waals surface area contributed by atoms with Crippen LogP contribution >= 0.6 is 11.6 Å². The molecule has 0 saturated carbocycles. The van der Waals surface area contributed by atoms with Gasteiger partial charge >= 0.3 is 6.36 Å². The van der Waals surface area contributed by atoms with Gasteiger partial charge in [-0.25, -0.2) is 4.39 Å². The molecular formula is C16H12ClF4NO5S. The molecule has 28 heavy (non-hydrogen) atoms.